The van der Waals surface area contributed by atoms with Crippen LogP contribution in [0.25, 0.3) is 0 Å². The molecule has 1 aliphatic carbocycles. The molecule has 3 unspecified atom stereocenters. The van der Waals surface area contributed by atoms with Crippen molar-refractivity contribution in [1.29, 1.82) is 0 Å². The molecule has 0 bridgehead atoms. The number of ether oxygens (including phenoxy) is 3. The maximum absolute atomic E-state index is 10.8. The van der Waals surface area contributed by atoms with Gasteiger partial charge >= 0.3 is 0 Å². The average molecular weight is 308 g/mol. The summed E-state index contributed by atoms with van der Waals surface area (Å²) < 4.78 is 17.2. The summed E-state index contributed by atoms with van der Waals surface area (Å²) >= 11 is 0. The van der Waals surface area contributed by atoms with Gasteiger partial charge in [-0.2, -0.15) is 0 Å². The normalized spacial score (nSPS) is 33.0. The van der Waals surface area contributed by atoms with Crippen molar-refractivity contribution in [3.05, 3.63) is 42.0 Å². The number of fused-ring (bicyclic) bond motifs is 1. The van der Waals surface area contributed by atoms with Gasteiger partial charge in [-0.05, 0) is 23.8 Å². The quantitative estimate of drug-likeness (QED) is 0.670. The summed E-state index contributed by atoms with van der Waals surface area (Å²) in [5.41, 5.74) is 0.539. The Morgan fingerprint density at radius 3 is 2.81 bits per heavy atom. The third kappa shape index (κ3) is 3.16. The fourth-order valence-corrected chi connectivity index (χ4v) is 2.90. The van der Waals surface area contributed by atoms with Gasteiger partial charge in [-0.15, -0.1) is 0 Å². The van der Waals surface area contributed by atoms with Gasteiger partial charge < -0.3 is 19.3 Å². The van der Waals surface area contributed by atoms with Gasteiger partial charge in [0.1, 0.15) is 24.2 Å². The zero-order valence-corrected chi connectivity index (χ0v) is 12.4. The Kier molecular flexibility index (Phi) is 4.36. The predicted octanol–water partition coefficient (Wildman–Crippen LogP) is 1.27. The third-order valence-electron chi connectivity index (χ3n) is 3.56. The summed E-state index contributed by atoms with van der Waals surface area (Å²) in [6.07, 6.45) is 0.510. The lowest BCUT2D eigenvalue weighted by Crippen LogP contribution is -2.38. The van der Waals surface area contributed by atoms with Crippen molar-refractivity contribution in [2.45, 2.75) is 36.9 Å². The number of carbonyl (C=O) groups is 1. The van der Waals surface area contributed by atoms with Gasteiger partial charge in [0, 0.05) is 6.42 Å². The highest BCUT2D eigenvalue weighted by atomic mass is 31.0. The molecule has 0 saturated carbocycles. The van der Waals surface area contributed by atoms with E-state index < -0.39 is 24.3 Å². The van der Waals surface area contributed by atoms with Crippen LogP contribution in [0.3, 0.4) is 0 Å². The van der Waals surface area contributed by atoms with Gasteiger partial charge in [0.2, 0.25) is 0 Å². The fraction of sp³-hybridized carbons (Fsp3) is 0.400. The molecule has 0 spiro atoms. The first kappa shape index (κ1) is 14.7. The van der Waals surface area contributed by atoms with Gasteiger partial charge in [-0.25, -0.2) is 0 Å². The van der Waals surface area contributed by atoms with E-state index in [1.54, 1.807) is 0 Å². The molecule has 112 valence electrons. The zero-order chi connectivity index (χ0) is 14.8. The molecular formula is C15H17O5P. The average Bonchev–Trinajstić information content (AvgIpc) is 2.93. The SMILES string of the molecule is O=CC1=C[C@H](O)[C@H]2OC(C(P)Oc3ccccc3)O[C@H]2C1. The highest BCUT2D eigenvalue weighted by Gasteiger charge is 2.45. The van der Waals surface area contributed by atoms with E-state index in [0.29, 0.717) is 17.7 Å². The molecule has 6 atom stereocenters. The Morgan fingerprint density at radius 2 is 2.10 bits per heavy atom. The first-order valence-electron chi connectivity index (χ1n) is 6.79. The largest absolute Gasteiger partial charge is 0.481 e. The van der Waals surface area contributed by atoms with Gasteiger partial charge in [0.05, 0.1) is 6.10 Å². The molecule has 6 heteroatoms. The maximum Gasteiger partial charge on any atom is 0.199 e. The second kappa shape index (κ2) is 6.24. The van der Waals surface area contributed by atoms with E-state index in [1.807, 2.05) is 30.3 Å². The Labute approximate surface area is 125 Å². The summed E-state index contributed by atoms with van der Waals surface area (Å²) in [6, 6.07) is 9.37. The summed E-state index contributed by atoms with van der Waals surface area (Å²) in [7, 11) is 2.54. The minimum Gasteiger partial charge on any atom is -0.481 e. The minimum atomic E-state index is -0.831. The molecule has 1 heterocycles. The predicted molar refractivity (Wildman–Crippen MR) is 78.9 cm³/mol. The first-order chi connectivity index (χ1) is 10.2. The molecule has 3 rings (SSSR count). The lowest BCUT2D eigenvalue weighted by atomic mass is 9.93. The monoisotopic (exact) mass is 308 g/mol. The van der Waals surface area contributed by atoms with Crippen LogP contribution in [0.2, 0.25) is 0 Å². The highest BCUT2D eigenvalue weighted by Crippen LogP contribution is 2.34. The van der Waals surface area contributed by atoms with E-state index in [4.69, 9.17) is 14.2 Å². The Hall–Kier alpha value is -1.26. The van der Waals surface area contributed by atoms with Gasteiger partial charge in [0.25, 0.3) is 0 Å². The standard InChI is InChI=1S/C15H17O5P/c16-8-9-6-11(17)13-12(7-9)19-14(20-13)15(21)18-10-4-2-1-3-5-10/h1-6,8,11-15,17H,7,21H2/t11-,12-,13+,14?,15?/m0/s1. The van der Waals surface area contributed by atoms with Crippen molar-refractivity contribution in [1.82, 2.24) is 0 Å². The number of rotatable bonds is 4. The molecule has 5 nitrogen and oxygen atoms in total. The number of benzene rings is 1. The summed E-state index contributed by atoms with van der Waals surface area (Å²) in [4.78, 5) is 10.8. The van der Waals surface area contributed by atoms with Crippen molar-refractivity contribution < 1.29 is 24.1 Å². The molecule has 1 saturated heterocycles. The van der Waals surface area contributed by atoms with E-state index >= 15 is 0 Å². The second-order valence-corrected chi connectivity index (χ2v) is 5.75. The fourth-order valence-electron chi connectivity index (χ4n) is 2.56. The molecule has 21 heavy (non-hydrogen) atoms. The molecule has 0 aromatic heterocycles. The lowest BCUT2D eigenvalue weighted by molar-refractivity contribution is -0.108. The van der Waals surface area contributed by atoms with Crippen LogP contribution < -0.4 is 4.74 Å². The smallest absolute Gasteiger partial charge is 0.199 e. The van der Waals surface area contributed by atoms with Crippen LogP contribution in [0.4, 0.5) is 0 Å². The van der Waals surface area contributed by atoms with Crippen molar-refractivity contribution in [2.24, 2.45) is 0 Å². The number of hydrogen-bond donors (Lipinski definition) is 1. The molecule has 1 N–H and O–H groups in total. The molecule has 1 aromatic carbocycles. The Bertz CT molecular complexity index is 532. The van der Waals surface area contributed by atoms with Crippen molar-refractivity contribution in [3.8, 4) is 5.75 Å². The lowest BCUT2D eigenvalue weighted by Gasteiger charge is -2.24. The number of carbonyl (C=O) groups excluding carboxylic acids is 1. The highest BCUT2D eigenvalue weighted by molar-refractivity contribution is 7.17. The summed E-state index contributed by atoms with van der Waals surface area (Å²) in [6.45, 7) is 0. The molecule has 0 amide bonds. The van der Waals surface area contributed by atoms with Crippen molar-refractivity contribution in [2.75, 3.05) is 0 Å². The number of para-hydroxylation sites is 1. The summed E-state index contributed by atoms with van der Waals surface area (Å²) in [5.74, 6) is 0.316. The number of aliphatic hydroxyl groups excluding tert-OH is 1. The molecule has 1 aliphatic heterocycles. The van der Waals surface area contributed by atoms with E-state index in [2.05, 4.69) is 9.24 Å². The molecule has 2 aliphatic rings. The van der Waals surface area contributed by atoms with Gasteiger partial charge in [0.15, 0.2) is 12.1 Å². The second-order valence-electron chi connectivity index (χ2n) is 5.09. The van der Waals surface area contributed by atoms with Crippen LogP contribution in [-0.2, 0) is 14.3 Å². The minimum absolute atomic E-state index is 0.322. The molecular weight excluding hydrogens is 291 g/mol. The number of aldehydes is 1. The van der Waals surface area contributed by atoms with Gasteiger partial charge in [-0.1, -0.05) is 27.4 Å². The van der Waals surface area contributed by atoms with E-state index in [1.165, 1.54) is 6.08 Å². The number of aliphatic hydroxyl groups is 1. The van der Waals surface area contributed by atoms with Crippen LogP contribution in [0.15, 0.2) is 42.0 Å². The van der Waals surface area contributed by atoms with Crippen molar-refractivity contribution in [3.63, 3.8) is 0 Å². The van der Waals surface area contributed by atoms with E-state index in [0.717, 1.165) is 6.29 Å². The Balaban J connectivity index is 1.64. The number of hydrogen-bond acceptors (Lipinski definition) is 5. The Morgan fingerprint density at radius 1 is 1.33 bits per heavy atom. The van der Waals surface area contributed by atoms with Crippen LogP contribution in [-0.4, -0.2) is 41.8 Å². The first-order valence-corrected chi connectivity index (χ1v) is 7.46. The zero-order valence-electron chi connectivity index (χ0n) is 11.3. The molecule has 1 fully saturated rings. The third-order valence-corrected chi connectivity index (χ3v) is 4.01. The van der Waals surface area contributed by atoms with Crippen LogP contribution >= 0.6 is 9.24 Å². The maximum atomic E-state index is 10.8. The molecule has 1 aromatic rings. The van der Waals surface area contributed by atoms with Crippen LogP contribution in [0.5, 0.6) is 5.75 Å². The van der Waals surface area contributed by atoms with Gasteiger partial charge in [-0.3, -0.25) is 4.79 Å². The van der Waals surface area contributed by atoms with Crippen LogP contribution in [0, 0.1) is 0 Å². The molecule has 0 radical (unpaired) electrons. The summed E-state index contributed by atoms with van der Waals surface area (Å²) in [5, 5.41) is 9.98. The van der Waals surface area contributed by atoms with Crippen molar-refractivity contribution >= 4 is 15.5 Å². The topological polar surface area (TPSA) is 65.0 Å². The van der Waals surface area contributed by atoms with E-state index in [9.17, 15) is 9.90 Å². The van der Waals surface area contributed by atoms with Crippen LogP contribution in [0.1, 0.15) is 6.42 Å². The van der Waals surface area contributed by atoms with E-state index in [-0.39, 0.29) is 6.10 Å².